The topological polar surface area (TPSA) is 96.3 Å². The minimum atomic E-state index is -0.238. The largest absolute Gasteiger partial charge is 0.507 e. The van der Waals surface area contributed by atoms with Gasteiger partial charge in [0.25, 0.3) is 0 Å². The molecule has 0 bridgehead atoms. The molecule has 7 heteroatoms. The van der Waals surface area contributed by atoms with Crippen LogP contribution in [0.1, 0.15) is 71.4 Å². The van der Waals surface area contributed by atoms with Crippen molar-refractivity contribution in [3.63, 3.8) is 0 Å². The summed E-state index contributed by atoms with van der Waals surface area (Å²) in [6.07, 6.45) is 5.20. The van der Waals surface area contributed by atoms with Gasteiger partial charge < -0.3 is 15.7 Å². The highest BCUT2D eigenvalue weighted by Crippen LogP contribution is 2.38. The highest BCUT2D eigenvalue weighted by atomic mass is 16.3. The fourth-order valence-corrected chi connectivity index (χ4v) is 3.69. The molecule has 1 aromatic heterocycles. The minimum absolute atomic E-state index is 0.0153. The van der Waals surface area contributed by atoms with Crippen molar-refractivity contribution in [1.82, 2.24) is 15.1 Å². The molecule has 0 aliphatic heterocycles. The zero-order chi connectivity index (χ0) is 21.8. The third kappa shape index (κ3) is 4.83. The number of amides is 2. The molecule has 3 N–H and O–H groups in total. The standard InChI is InChI=1S/C23H32N4O3/c1-5-15(4)24-23(30)27-20(16-8-6-7-9-16)13-19(26-27)18-11-10-17(12-21(18)28)25-22(29)14(2)3/h10-16,28H,5-9H2,1-4H3,(H,24,30)(H,25,29). The number of rotatable bonds is 6. The molecule has 1 aromatic carbocycles. The summed E-state index contributed by atoms with van der Waals surface area (Å²) in [7, 11) is 0. The minimum Gasteiger partial charge on any atom is -0.507 e. The summed E-state index contributed by atoms with van der Waals surface area (Å²) in [5.74, 6) is 0.0411. The highest BCUT2D eigenvalue weighted by molar-refractivity contribution is 5.92. The number of anilines is 1. The predicted octanol–water partition coefficient (Wildman–Crippen LogP) is 4.86. The van der Waals surface area contributed by atoms with Crippen molar-refractivity contribution in [3.8, 4) is 17.0 Å². The Hall–Kier alpha value is -2.83. The fraction of sp³-hybridized carbons (Fsp3) is 0.522. The number of carbonyl (C=O) groups excluding carboxylic acids is 2. The number of carbonyl (C=O) groups is 2. The SMILES string of the molecule is CCC(C)NC(=O)n1nc(-c2ccc(NC(=O)C(C)C)cc2O)cc1C1CCCC1. The van der Waals surface area contributed by atoms with Crippen LogP contribution in [0.4, 0.5) is 10.5 Å². The van der Waals surface area contributed by atoms with E-state index >= 15 is 0 Å². The first-order valence-corrected chi connectivity index (χ1v) is 10.8. The smallest absolute Gasteiger partial charge is 0.342 e. The van der Waals surface area contributed by atoms with Crippen LogP contribution in [0.25, 0.3) is 11.3 Å². The molecule has 30 heavy (non-hydrogen) atoms. The van der Waals surface area contributed by atoms with Crippen molar-refractivity contribution in [2.24, 2.45) is 5.92 Å². The van der Waals surface area contributed by atoms with Gasteiger partial charge in [-0.25, -0.2) is 4.79 Å². The molecule has 2 aromatic rings. The Labute approximate surface area is 177 Å². The normalized spacial score (nSPS) is 15.4. The number of aromatic nitrogens is 2. The third-order valence-electron chi connectivity index (χ3n) is 5.75. The number of phenols is 1. The average molecular weight is 413 g/mol. The van der Waals surface area contributed by atoms with E-state index in [9.17, 15) is 14.7 Å². The van der Waals surface area contributed by atoms with Gasteiger partial charge >= 0.3 is 6.03 Å². The van der Waals surface area contributed by atoms with E-state index in [1.165, 1.54) is 10.7 Å². The summed E-state index contributed by atoms with van der Waals surface area (Å²) >= 11 is 0. The lowest BCUT2D eigenvalue weighted by molar-refractivity contribution is -0.118. The molecule has 1 fully saturated rings. The molecule has 1 aliphatic carbocycles. The molecule has 0 radical (unpaired) electrons. The summed E-state index contributed by atoms with van der Waals surface area (Å²) in [6, 6.07) is 6.71. The van der Waals surface area contributed by atoms with Gasteiger partial charge in [0, 0.05) is 35.2 Å². The van der Waals surface area contributed by atoms with Gasteiger partial charge in [0.2, 0.25) is 5.91 Å². The summed E-state index contributed by atoms with van der Waals surface area (Å²) < 4.78 is 1.46. The van der Waals surface area contributed by atoms with Crippen molar-refractivity contribution in [2.75, 3.05) is 5.32 Å². The van der Waals surface area contributed by atoms with Gasteiger partial charge in [-0.3, -0.25) is 4.79 Å². The molecule has 2 amide bonds. The lowest BCUT2D eigenvalue weighted by atomic mass is 10.0. The Balaban J connectivity index is 1.93. The lowest BCUT2D eigenvalue weighted by Crippen LogP contribution is -2.37. The Bertz CT molecular complexity index is 913. The number of nitrogens with zero attached hydrogens (tertiary/aromatic N) is 2. The maximum atomic E-state index is 12.8. The Morgan fingerprint density at radius 2 is 1.90 bits per heavy atom. The lowest BCUT2D eigenvalue weighted by Gasteiger charge is -2.15. The van der Waals surface area contributed by atoms with Gasteiger partial charge in [-0.05, 0) is 44.4 Å². The number of nitrogens with one attached hydrogen (secondary N) is 2. The number of phenolic OH excluding ortho intramolecular Hbond substituents is 1. The van der Waals surface area contributed by atoms with E-state index in [4.69, 9.17) is 0 Å². The third-order valence-corrected chi connectivity index (χ3v) is 5.75. The highest BCUT2D eigenvalue weighted by Gasteiger charge is 2.26. The van der Waals surface area contributed by atoms with Crippen LogP contribution in [0.5, 0.6) is 5.75 Å². The van der Waals surface area contributed by atoms with Crippen LogP contribution in [-0.2, 0) is 4.79 Å². The second kappa shape index (κ2) is 9.32. The van der Waals surface area contributed by atoms with Crippen LogP contribution in [-0.4, -0.2) is 32.9 Å². The van der Waals surface area contributed by atoms with E-state index in [0.29, 0.717) is 22.9 Å². The van der Waals surface area contributed by atoms with E-state index in [2.05, 4.69) is 15.7 Å². The maximum absolute atomic E-state index is 12.8. The quantitative estimate of drug-likeness (QED) is 0.631. The maximum Gasteiger partial charge on any atom is 0.342 e. The predicted molar refractivity (Wildman–Crippen MR) is 118 cm³/mol. The average Bonchev–Trinajstić information content (AvgIpc) is 3.37. The molecule has 0 saturated heterocycles. The number of aromatic hydroxyl groups is 1. The molecule has 1 unspecified atom stereocenters. The summed E-state index contributed by atoms with van der Waals surface area (Å²) in [6.45, 7) is 7.61. The summed E-state index contributed by atoms with van der Waals surface area (Å²) in [5.41, 5.74) is 2.50. The molecule has 3 rings (SSSR count). The Morgan fingerprint density at radius 3 is 2.50 bits per heavy atom. The zero-order valence-electron chi connectivity index (χ0n) is 18.2. The monoisotopic (exact) mass is 412 g/mol. The number of benzene rings is 1. The first kappa shape index (κ1) is 21.9. The van der Waals surface area contributed by atoms with E-state index in [-0.39, 0.29) is 29.6 Å². The van der Waals surface area contributed by atoms with Gasteiger partial charge in [0.1, 0.15) is 5.75 Å². The Kier molecular flexibility index (Phi) is 6.80. The molecular weight excluding hydrogens is 380 g/mol. The van der Waals surface area contributed by atoms with Crippen LogP contribution in [0.2, 0.25) is 0 Å². The van der Waals surface area contributed by atoms with Crippen molar-refractivity contribution in [1.29, 1.82) is 0 Å². The van der Waals surface area contributed by atoms with Crippen molar-refractivity contribution in [3.05, 3.63) is 30.0 Å². The Morgan fingerprint density at radius 1 is 1.20 bits per heavy atom. The molecule has 1 heterocycles. The van der Waals surface area contributed by atoms with E-state index in [1.54, 1.807) is 12.1 Å². The number of hydrogen-bond donors (Lipinski definition) is 3. The molecular formula is C23H32N4O3. The zero-order valence-corrected chi connectivity index (χ0v) is 18.2. The molecule has 1 saturated carbocycles. The van der Waals surface area contributed by atoms with Crippen molar-refractivity contribution >= 4 is 17.6 Å². The van der Waals surface area contributed by atoms with Gasteiger partial charge in [-0.1, -0.05) is 33.6 Å². The summed E-state index contributed by atoms with van der Waals surface area (Å²) in [4.78, 5) is 24.7. The van der Waals surface area contributed by atoms with Gasteiger partial charge in [0.05, 0.1) is 11.4 Å². The van der Waals surface area contributed by atoms with Gasteiger partial charge in [0.15, 0.2) is 0 Å². The molecule has 162 valence electrons. The molecule has 1 atom stereocenters. The molecule has 7 nitrogen and oxygen atoms in total. The van der Waals surface area contributed by atoms with Crippen LogP contribution in [0.3, 0.4) is 0 Å². The van der Waals surface area contributed by atoms with Crippen molar-refractivity contribution in [2.45, 2.75) is 71.8 Å². The van der Waals surface area contributed by atoms with E-state index in [0.717, 1.165) is 37.8 Å². The van der Waals surface area contributed by atoms with Gasteiger partial charge in [-0.2, -0.15) is 9.78 Å². The fourth-order valence-electron chi connectivity index (χ4n) is 3.69. The molecule has 1 aliphatic rings. The van der Waals surface area contributed by atoms with E-state index < -0.39 is 0 Å². The van der Waals surface area contributed by atoms with Crippen molar-refractivity contribution < 1.29 is 14.7 Å². The van der Waals surface area contributed by atoms with Crippen LogP contribution >= 0.6 is 0 Å². The first-order valence-electron chi connectivity index (χ1n) is 10.8. The van der Waals surface area contributed by atoms with Crippen LogP contribution in [0, 0.1) is 5.92 Å². The van der Waals surface area contributed by atoms with E-state index in [1.807, 2.05) is 33.8 Å². The number of hydrogen-bond acceptors (Lipinski definition) is 4. The molecule has 0 spiro atoms. The van der Waals surface area contributed by atoms with Gasteiger partial charge in [-0.15, -0.1) is 0 Å². The van der Waals surface area contributed by atoms with Crippen LogP contribution in [0.15, 0.2) is 24.3 Å². The second-order valence-electron chi connectivity index (χ2n) is 8.48. The van der Waals surface area contributed by atoms with Crippen LogP contribution < -0.4 is 10.6 Å². The second-order valence-corrected chi connectivity index (χ2v) is 8.48. The summed E-state index contributed by atoms with van der Waals surface area (Å²) in [5, 5.41) is 20.9. The first-order chi connectivity index (χ1) is 14.3.